The molecule has 27 heavy (non-hydrogen) atoms. The Bertz CT molecular complexity index is 822. The molecule has 1 aliphatic heterocycles. The predicted molar refractivity (Wildman–Crippen MR) is 103 cm³/mol. The van der Waals surface area contributed by atoms with Crippen molar-refractivity contribution >= 4 is 11.8 Å². The smallest absolute Gasteiger partial charge is 0.256 e. The second-order valence-corrected chi connectivity index (χ2v) is 7.06. The van der Waals surface area contributed by atoms with E-state index in [2.05, 4.69) is 4.98 Å². The van der Waals surface area contributed by atoms with Crippen LogP contribution >= 0.6 is 0 Å². The summed E-state index contributed by atoms with van der Waals surface area (Å²) < 4.78 is 6.06. The molecular weight excluding hydrogens is 342 g/mol. The van der Waals surface area contributed by atoms with E-state index in [0.29, 0.717) is 19.6 Å². The summed E-state index contributed by atoms with van der Waals surface area (Å²) in [6, 6.07) is 11.8. The molecule has 2 heterocycles. The van der Waals surface area contributed by atoms with Gasteiger partial charge >= 0.3 is 0 Å². The Kier molecular flexibility index (Phi) is 5.56. The topological polar surface area (TPSA) is 62.7 Å². The zero-order chi connectivity index (χ0) is 19.4. The molecule has 1 unspecified atom stereocenters. The first-order valence-corrected chi connectivity index (χ1v) is 9.02. The summed E-state index contributed by atoms with van der Waals surface area (Å²) in [4.78, 5) is 32.5. The van der Waals surface area contributed by atoms with Gasteiger partial charge in [0.25, 0.3) is 5.91 Å². The second kappa shape index (κ2) is 7.88. The maximum absolute atomic E-state index is 13.1. The van der Waals surface area contributed by atoms with E-state index in [-0.39, 0.29) is 18.4 Å². The molecule has 2 amide bonds. The van der Waals surface area contributed by atoms with Gasteiger partial charge < -0.3 is 14.5 Å². The highest BCUT2D eigenvalue weighted by atomic mass is 16.5. The first-order valence-electron chi connectivity index (χ1n) is 9.02. The number of hydrogen-bond donors (Lipinski definition) is 0. The van der Waals surface area contributed by atoms with Gasteiger partial charge in [0.1, 0.15) is 0 Å². The lowest BCUT2D eigenvalue weighted by atomic mass is 9.87. The van der Waals surface area contributed by atoms with E-state index in [1.165, 1.54) is 11.8 Å². The number of pyridine rings is 1. The van der Waals surface area contributed by atoms with Crippen LogP contribution in [0.2, 0.25) is 0 Å². The molecule has 0 aliphatic carbocycles. The van der Waals surface area contributed by atoms with E-state index >= 15 is 0 Å². The lowest BCUT2D eigenvalue weighted by Crippen LogP contribution is -2.61. The van der Waals surface area contributed by atoms with Gasteiger partial charge in [-0.1, -0.05) is 30.3 Å². The molecule has 0 bridgehead atoms. The highest BCUT2D eigenvalue weighted by Gasteiger charge is 2.45. The van der Waals surface area contributed by atoms with Gasteiger partial charge in [-0.2, -0.15) is 0 Å². The zero-order valence-electron chi connectivity index (χ0n) is 16.0. The maximum Gasteiger partial charge on any atom is 0.256 e. The van der Waals surface area contributed by atoms with Crippen LogP contribution in [0.5, 0.6) is 0 Å². The Hall–Kier alpha value is -2.73. The molecule has 0 spiro atoms. The number of benzene rings is 1. The standard InChI is InChI=1S/C21H25N3O3/c1-16(25)24-11-12-27-21(15-24,20(26)23(2)3)13-17-7-4-5-9-19(17)18-8-6-10-22-14-18/h4-10,14H,11-13,15H2,1-3H3. The quantitative estimate of drug-likeness (QED) is 0.829. The van der Waals surface area contributed by atoms with E-state index in [1.54, 1.807) is 25.2 Å². The van der Waals surface area contributed by atoms with Crippen molar-refractivity contribution in [3.8, 4) is 11.1 Å². The molecule has 0 saturated carbocycles. The summed E-state index contributed by atoms with van der Waals surface area (Å²) in [7, 11) is 3.43. The lowest BCUT2D eigenvalue weighted by molar-refractivity contribution is -0.172. The minimum Gasteiger partial charge on any atom is -0.361 e. The van der Waals surface area contributed by atoms with E-state index in [1.807, 2.05) is 42.6 Å². The molecule has 142 valence electrons. The summed E-state index contributed by atoms with van der Waals surface area (Å²) in [6.45, 7) is 2.62. The summed E-state index contributed by atoms with van der Waals surface area (Å²) in [6.07, 6.45) is 3.93. The Morgan fingerprint density at radius 3 is 2.67 bits per heavy atom. The van der Waals surface area contributed by atoms with Crippen molar-refractivity contribution in [1.82, 2.24) is 14.8 Å². The fraction of sp³-hybridized carbons (Fsp3) is 0.381. The summed E-state index contributed by atoms with van der Waals surface area (Å²) >= 11 is 0. The summed E-state index contributed by atoms with van der Waals surface area (Å²) in [5.74, 6) is -0.177. The third-order valence-electron chi connectivity index (χ3n) is 4.89. The Balaban J connectivity index is 2.01. The van der Waals surface area contributed by atoms with Crippen molar-refractivity contribution < 1.29 is 14.3 Å². The highest BCUT2D eigenvalue weighted by Crippen LogP contribution is 2.31. The third kappa shape index (κ3) is 4.01. The monoisotopic (exact) mass is 367 g/mol. The molecule has 2 aromatic rings. The first kappa shape index (κ1) is 19.0. The molecule has 0 radical (unpaired) electrons. The number of hydrogen-bond acceptors (Lipinski definition) is 4. The Morgan fingerprint density at radius 2 is 2.00 bits per heavy atom. The van der Waals surface area contributed by atoms with Crippen molar-refractivity contribution in [2.24, 2.45) is 0 Å². The molecular formula is C21H25N3O3. The van der Waals surface area contributed by atoms with Gasteiger partial charge in [-0.25, -0.2) is 0 Å². The van der Waals surface area contributed by atoms with Crippen molar-refractivity contribution in [3.05, 3.63) is 54.4 Å². The van der Waals surface area contributed by atoms with Crippen molar-refractivity contribution in [1.29, 1.82) is 0 Å². The zero-order valence-corrected chi connectivity index (χ0v) is 16.0. The molecule has 6 heteroatoms. The van der Waals surface area contributed by atoms with E-state index in [9.17, 15) is 9.59 Å². The number of morpholine rings is 1. The number of rotatable bonds is 4. The molecule has 6 nitrogen and oxygen atoms in total. The van der Waals surface area contributed by atoms with E-state index in [0.717, 1.165) is 16.7 Å². The molecule has 1 aliphatic rings. The van der Waals surface area contributed by atoms with Gasteiger partial charge in [-0.05, 0) is 17.2 Å². The van der Waals surface area contributed by atoms with Crippen LogP contribution in [-0.4, -0.2) is 66.0 Å². The number of carbonyl (C=O) groups excluding carboxylic acids is 2. The molecule has 0 N–H and O–H groups in total. The van der Waals surface area contributed by atoms with Crippen LogP contribution in [0.3, 0.4) is 0 Å². The van der Waals surface area contributed by atoms with Gasteiger partial charge in [0.2, 0.25) is 5.91 Å². The lowest BCUT2D eigenvalue weighted by Gasteiger charge is -2.42. The van der Waals surface area contributed by atoms with Crippen molar-refractivity contribution in [2.45, 2.75) is 18.9 Å². The fourth-order valence-electron chi connectivity index (χ4n) is 3.56. The van der Waals surface area contributed by atoms with Gasteiger partial charge in [-0.3, -0.25) is 14.6 Å². The van der Waals surface area contributed by atoms with Crippen molar-refractivity contribution in [3.63, 3.8) is 0 Å². The van der Waals surface area contributed by atoms with Gasteiger partial charge in [0.05, 0.1) is 13.2 Å². The van der Waals surface area contributed by atoms with Crippen molar-refractivity contribution in [2.75, 3.05) is 33.8 Å². The average molecular weight is 367 g/mol. The van der Waals surface area contributed by atoms with Crippen LogP contribution in [0.25, 0.3) is 11.1 Å². The minimum atomic E-state index is -1.09. The summed E-state index contributed by atoms with van der Waals surface area (Å²) in [5.41, 5.74) is 1.90. The predicted octanol–water partition coefficient (Wildman–Crippen LogP) is 2.00. The van der Waals surface area contributed by atoms with Gasteiger partial charge in [0, 0.05) is 51.9 Å². The Labute approximate surface area is 159 Å². The molecule has 1 aromatic carbocycles. The van der Waals surface area contributed by atoms with Gasteiger partial charge in [-0.15, -0.1) is 0 Å². The molecule has 1 aromatic heterocycles. The number of amides is 2. The second-order valence-electron chi connectivity index (χ2n) is 7.06. The average Bonchev–Trinajstić information content (AvgIpc) is 2.68. The van der Waals surface area contributed by atoms with Crippen LogP contribution < -0.4 is 0 Å². The first-order chi connectivity index (χ1) is 12.9. The van der Waals surface area contributed by atoms with E-state index < -0.39 is 5.60 Å². The number of carbonyl (C=O) groups is 2. The number of ether oxygens (including phenoxy) is 1. The molecule has 1 atom stereocenters. The number of aromatic nitrogens is 1. The van der Waals surface area contributed by atoms with Gasteiger partial charge in [0.15, 0.2) is 5.60 Å². The summed E-state index contributed by atoms with van der Waals surface area (Å²) in [5, 5.41) is 0. The molecule has 3 rings (SSSR count). The Morgan fingerprint density at radius 1 is 1.22 bits per heavy atom. The van der Waals surface area contributed by atoms with Crippen LogP contribution in [0.15, 0.2) is 48.8 Å². The number of likely N-dealkylation sites (N-methyl/N-ethyl adjacent to an activating group) is 1. The van der Waals surface area contributed by atoms with E-state index in [4.69, 9.17) is 4.74 Å². The fourth-order valence-corrected chi connectivity index (χ4v) is 3.56. The highest BCUT2D eigenvalue weighted by molar-refractivity contribution is 5.87. The minimum absolute atomic E-state index is 0.0465. The third-order valence-corrected chi connectivity index (χ3v) is 4.89. The van der Waals surface area contributed by atoms with Crippen LogP contribution in [0.4, 0.5) is 0 Å². The van der Waals surface area contributed by atoms with Crippen LogP contribution in [-0.2, 0) is 20.7 Å². The molecule has 1 fully saturated rings. The number of nitrogens with zero attached hydrogens (tertiary/aromatic N) is 3. The van der Waals surface area contributed by atoms with Crippen LogP contribution in [0.1, 0.15) is 12.5 Å². The van der Waals surface area contributed by atoms with Crippen LogP contribution in [0, 0.1) is 0 Å². The molecule has 1 saturated heterocycles. The normalized spacial score (nSPS) is 19.6. The largest absolute Gasteiger partial charge is 0.361 e. The maximum atomic E-state index is 13.1. The SMILES string of the molecule is CC(=O)N1CCOC(Cc2ccccc2-c2cccnc2)(C(=O)N(C)C)C1.